The topological polar surface area (TPSA) is 56.8 Å². The highest BCUT2D eigenvalue weighted by Crippen LogP contribution is 2.34. The van der Waals surface area contributed by atoms with Crippen molar-refractivity contribution in [3.63, 3.8) is 0 Å². The van der Waals surface area contributed by atoms with Crippen LogP contribution < -0.4 is 0 Å². The summed E-state index contributed by atoms with van der Waals surface area (Å²) < 4.78 is 6.48. The van der Waals surface area contributed by atoms with Crippen LogP contribution in [0.25, 0.3) is 43.6 Å². The summed E-state index contributed by atoms with van der Waals surface area (Å²) >= 11 is 19.9. The molecule has 1 aliphatic rings. The summed E-state index contributed by atoms with van der Waals surface area (Å²) in [4.78, 5) is 4.65. The maximum atomic E-state index is 11.2. The van der Waals surface area contributed by atoms with Crippen molar-refractivity contribution >= 4 is 98.7 Å². The van der Waals surface area contributed by atoms with Gasteiger partial charge in [0.2, 0.25) is 0 Å². The fraction of sp³-hybridized carbons (Fsp3) is 0.294. The van der Waals surface area contributed by atoms with Crippen molar-refractivity contribution in [3.05, 3.63) is 91.8 Å². The van der Waals surface area contributed by atoms with Crippen LogP contribution in [0.15, 0.2) is 81.7 Å². The molecule has 0 unspecified atom stereocenters. The molecule has 0 amide bonds. The number of benzene rings is 4. The molecule has 0 bridgehead atoms. The molecular formula is C34H32Br2Cl2N4O2. The van der Waals surface area contributed by atoms with Gasteiger partial charge in [0.1, 0.15) is 0 Å². The number of piperazine rings is 1. The first-order chi connectivity index (χ1) is 21.2. The monoisotopic (exact) mass is 756 g/mol. The second kappa shape index (κ2) is 12.6. The molecular weight excluding hydrogens is 727 g/mol. The number of rotatable bonds is 8. The summed E-state index contributed by atoms with van der Waals surface area (Å²) in [6.45, 7) is 5.60. The number of β-amino-alcohol motifs (C(OH)–C–C–N with tert-alkyl or cyclic N) is 2. The normalized spacial score (nSPS) is 16.5. The Labute approximate surface area is 282 Å². The number of hydrogen-bond donors (Lipinski definition) is 2. The van der Waals surface area contributed by atoms with Crippen molar-refractivity contribution in [1.82, 2.24) is 18.9 Å². The summed E-state index contributed by atoms with van der Waals surface area (Å²) in [5, 5.41) is 28.2. The lowest BCUT2D eigenvalue weighted by Crippen LogP contribution is -2.50. The van der Waals surface area contributed by atoms with Gasteiger partial charge >= 0.3 is 0 Å². The first kappa shape index (κ1) is 30.5. The van der Waals surface area contributed by atoms with Crippen LogP contribution in [0, 0.1) is 0 Å². The Balaban J connectivity index is 0.983. The average molecular weight is 759 g/mol. The minimum Gasteiger partial charge on any atom is -0.390 e. The van der Waals surface area contributed by atoms with Gasteiger partial charge < -0.3 is 19.3 Å². The summed E-state index contributed by atoms with van der Waals surface area (Å²) in [5.74, 6) is 0. The highest BCUT2D eigenvalue weighted by molar-refractivity contribution is 9.10. The van der Waals surface area contributed by atoms with Gasteiger partial charge in [-0.2, -0.15) is 0 Å². The second-order valence-corrected chi connectivity index (χ2v) is 14.5. The van der Waals surface area contributed by atoms with Gasteiger partial charge in [0.05, 0.1) is 25.3 Å². The molecule has 10 heteroatoms. The van der Waals surface area contributed by atoms with Gasteiger partial charge in [-0.25, -0.2) is 0 Å². The SMILES string of the molecule is O[C@H](CN1CCN(C[C@H](O)Cn2c3ccc(Cl)cc3c3cc(Cl)ccc32)CC1)Cn1c2ccc(Br)cc2c2cc(Br)ccc21. The molecule has 6 aromatic rings. The van der Waals surface area contributed by atoms with E-state index >= 15 is 0 Å². The summed E-state index contributed by atoms with van der Waals surface area (Å²) in [7, 11) is 0. The van der Waals surface area contributed by atoms with E-state index in [1.165, 1.54) is 10.8 Å². The molecule has 2 aromatic heterocycles. The first-order valence-corrected chi connectivity index (χ1v) is 17.1. The van der Waals surface area contributed by atoms with Gasteiger partial charge in [0.25, 0.3) is 0 Å². The highest BCUT2D eigenvalue weighted by atomic mass is 79.9. The zero-order valence-corrected chi connectivity index (χ0v) is 28.6. The molecule has 228 valence electrons. The number of aromatic nitrogens is 2. The largest absolute Gasteiger partial charge is 0.390 e. The zero-order chi connectivity index (χ0) is 30.5. The van der Waals surface area contributed by atoms with Crippen LogP contribution in [0.5, 0.6) is 0 Å². The molecule has 1 fully saturated rings. The van der Waals surface area contributed by atoms with Gasteiger partial charge in [0, 0.05) is 102 Å². The van der Waals surface area contributed by atoms with Gasteiger partial charge in [-0.15, -0.1) is 0 Å². The molecule has 1 saturated heterocycles. The summed E-state index contributed by atoms with van der Waals surface area (Å²) in [6.07, 6.45) is -1.04. The van der Waals surface area contributed by atoms with E-state index in [4.69, 9.17) is 23.2 Å². The van der Waals surface area contributed by atoms with E-state index in [-0.39, 0.29) is 0 Å². The van der Waals surface area contributed by atoms with Crippen molar-refractivity contribution in [2.45, 2.75) is 25.3 Å². The standard InChI is InChI=1S/C34H32Br2Cl2N4O2/c35-21-1-5-31-27(13-21)28-14-22(36)2-6-32(28)41(31)19-25(43)17-39-9-11-40(12-10-39)18-26(44)20-42-33-7-3-23(37)15-29(33)30-16-24(38)4-8-34(30)42/h1-8,13-16,25-26,43-44H,9-12,17-20H2/t25-,26+/m1/s1. The van der Waals surface area contributed by atoms with Crippen LogP contribution in [0.2, 0.25) is 10.0 Å². The van der Waals surface area contributed by atoms with E-state index in [0.29, 0.717) is 36.2 Å². The van der Waals surface area contributed by atoms with Crippen LogP contribution in [-0.2, 0) is 13.1 Å². The van der Waals surface area contributed by atoms with Crippen molar-refractivity contribution in [1.29, 1.82) is 0 Å². The number of nitrogens with zero attached hydrogens (tertiary/aromatic N) is 4. The fourth-order valence-electron chi connectivity index (χ4n) is 6.78. The lowest BCUT2D eigenvalue weighted by molar-refractivity contribution is 0.0415. The van der Waals surface area contributed by atoms with Gasteiger partial charge in [-0.1, -0.05) is 55.1 Å². The van der Waals surface area contributed by atoms with Crippen LogP contribution in [-0.4, -0.2) is 80.6 Å². The Hall–Kier alpha value is -2.14. The van der Waals surface area contributed by atoms with Crippen molar-refractivity contribution in [2.75, 3.05) is 39.3 Å². The Morgan fingerprint density at radius 2 is 0.864 bits per heavy atom. The number of hydrogen-bond acceptors (Lipinski definition) is 4. The molecule has 3 heterocycles. The quantitative estimate of drug-likeness (QED) is 0.167. The summed E-state index contributed by atoms with van der Waals surface area (Å²) in [5.41, 5.74) is 4.31. The Bertz CT molecular complexity index is 1740. The Morgan fingerprint density at radius 3 is 1.25 bits per heavy atom. The molecule has 2 atom stereocenters. The maximum absolute atomic E-state index is 11.2. The number of halogens is 4. The van der Waals surface area contributed by atoms with E-state index in [2.05, 4.69) is 87.2 Å². The van der Waals surface area contributed by atoms with E-state index in [1.807, 2.05) is 36.4 Å². The van der Waals surface area contributed by atoms with Crippen molar-refractivity contribution in [3.8, 4) is 0 Å². The lowest BCUT2D eigenvalue weighted by atomic mass is 10.1. The van der Waals surface area contributed by atoms with E-state index in [1.54, 1.807) is 0 Å². The third kappa shape index (κ3) is 6.04. The van der Waals surface area contributed by atoms with E-state index in [9.17, 15) is 10.2 Å². The fourth-order valence-corrected chi connectivity index (χ4v) is 7.84. The molecule has 7 rings (SSSR count). The first-order valence-electron chi connectivity index (χ1n) is 14.8. The van der Waals surface area contributed by atoms with E-state index < -0.39 is 12.2 Å². The Kier molecular flexibility index (Phi) is 8.72. The van der Waals surface area contributed by atoms with Crippen molar-refractivity contribution in [2.24, 2.45) is 0 Å². The average Bonchev–Trinajstić information content (AvgIpc) is 3.44. The predicted octanol–water partition coefficient (Wildman–Crippen LogP) is 7.77. The minimum atomic E-state index is -0.535. The predicted molar refractivity (Wildman–Crippen MR) is 189 cm³/mol. The van der Waals surface area contributed by atoms with Gasteiger partial charge in [0.15, 0.2) is 0 Å². The number of aliphatic hydroxyl groups excluding tert-OH is 2. The van der Waals surface area contributed by atoms with Crippen LogP contribution in [0.1, 0.15) is 0 Å². The van der Waals surface area contributed by atoms with Crippen LogP contribution >= 0.6 is 55.1 Å². The van der Waals surface area contributed by atoms with Crippen LogP contribution in [0.4, 0.5) is 0 Å². The lowest BCUT2D eigenvalue weighted by Gasteiger charge is -2.36. The molecule has 2 N–H and O–H groups in total. The second-order valence-electron chi connectivity index (χ2n) is 11.8. The van der Waals surface area contributed by atoms with Gasteiger partial charge in [-0.3, -0.25) is 9.80 Å². The third-order valence-corrected chi connectivity index (χ3v) is 10.2. The zero-order valence-electron chi connectivity index (χ0n) is 23.9. The molecule has 0 aliphatic carbocycles. The molecule has 6 nitrogen and oxygen atoms in total. The molecule has 0 saturated carbocycles. The molecule has 0 spiro atoms. The molecule has 44 heavy (non-hydrogen) atoms. The number of aliphatic hydroxyl groups is 2. The van der Waals surface area contributed by atoms with Crippen LogP contribution in [0.3, 0.4) is 0 Å². The summed E-state index contributed by atoms with van der Waals surface area (Å²) in [6, 6.07) is 24.4. The molecule has 1 aliphatic heterocycles. The Morgan fingerprint density at radius 1 is 0.523 bits per heavy atom. The smallest absolute Gasteiger partial charge is 0.0845 e. The van der Waals surface area contributed by atoms with E-state index in [0.717, 1.165) is 68.0 Å². The highest BCUT2D eigenvalue weighted by Gasteiger charge is 2.23. The molecule has 0 radical (unpaired) electrons. The van der Waals surface area contributed by atoms with Crippen molar-refractivity contribution < 1.29 is 10.2 Å². The maximum Gasteiger partial charge on any atom is 0.0845 e. The third-order valence-electron chi connectivity index (χ3n) is 8.77. The number of fused-ring (bicyclic) bond motifs is 6. The minimum absolute atomic E-state index is 0.480. The van der Waals surface area contributed by atoms with Gasteiger partial charge in [-0.05, 0) is 72.8 Å². The molecule has 4 aromatic carbocycles.